The topological polar surface area (TPSA) is 104 Å². The molecule has 3 aromatic rings. The van der Waals surface area contributed by atoms with Crippen LogP contribution in [0.25, 0.3) is 10.9 Å². The number of nitrogens with one attached hydrogen (secondary N) is 3. The summed E-state index contributed by atoms with van der Waals surface area (Å²) in [7, 11) is 1.54. The first kappa shape index (κ1) is 22.0. The van der Waals surface area contributed by atoms with E-state index in [9.17, 15) is 14.4 Å². The molecular formula is C27H28N4O4. The van der Waals surface area contributed by atoms with E-state index >= 15 is 0 Å². The summed E-state index contributed by atoms with van der Waals surface area (Å²) < 4.78 is 5.16. The zero-order chi connectivity index (χ0) is 24.5. The van der Waals surface area contributed by atoms with Gasteiger partial charge < -0.3 is 15.0 Å². The van der Waals surface area contributed by atoms with E-state index in [2.05, 4.69) is 15.6 Å². The molecule has 3 N–H and O–H groups in total. The van der Waals surface area contributed by atoms with Gasteiger partial charge in [0.05, 0.1) is 25.0 Å². The number of anilines is 1. The van der Waals surface area contributed by atoms with E-state index in [1.807, 2.05) is 56.4 Å². The molecule has 8 heteroatoms. The Morgan fingerprint density at radius 3 is 2.66 bits per heavy atom. The zero-order valence-electron chi connectivity index (χ0n) is 20.0. The number of methoxy groups -OCH3 is 1. The highest BCUT2D eigenvalue weighted by Gasteiger charge is 2.70. The van der Waals surface area contributed by atoms with Crippen molar-refractivity contribution < 1.29 is 19.1 Å². The van der Waals surface area contributed by atoms with E-state index < -0.39 is 17.4 Å². The number of nitrogens with zero attached hydrogens (tertiary/aromatic N) is 1. The first-order valence-electron chi connectivity index (χ1n) is 12.0. The fourth-order valence-corrected chi connectivity index (χ4v) is 6.29. The van der Waals surface area contributed by atoms with Gasteiger partial charge in [-0.3, -0.25) is 24.6 Å². The van der Waals surface area contributed by atoms with Crippen LogP contribution < -0.4 is 10.6 Å². The summed E-state index contributed by atoms with van der Waals surface area (Å²) in [6.45, 7) is 4.40. The van der Waals surface area contributed by atoms with Crippen molar-refractivity contribution in [2.24, 2.45) is 11.8 Å². The molecule has 2 aromatic carbocycles. The van der Waals surface area contributed by atoms with E-state index in [1.165, 1.54) is 4.90 Å². The lowest BCUT2D eigenvalue weighted by molar-refractivity contribution is -0.143. The van der Waals surface area contributed by atoms with Gasteiger partial charge in [0, 0.05) is 41.5 Å². The maximum absolute atomic E-state index is 13.8. The van der Waals surface area contributed by atoms with Gasteiger partial charge in [0.15, 0.2) is 0 Å². The summed E-state index contributed by atoms with van der Waals surface area (Å²) in [6, 6.07) is 11.5. The van der Waals surface area contributed by atoms with Gasteiger partial charge in [0.2, 0.25) is 17.7 Å². The van der Waals surface area contributed by atoms with Gasteiger partial charge in [0.1, 0.15) is 5.54 Å². The highest BCUT2D eigenvalue weighted by atomic mass is 16.5. The van der Waals surface area contributed by atoms with Crippen LogP contribution in [0, 0.1) is 25.7 Å². The Balaban J connectivity index is 1.48. The van der Waals surface area contributed by atoms with E-state index in [0.29, 0.717) is 6.42 Å². The lowest BCUT2D eigenvalue weighted by atomic mass is 9.75. The van der Waals surface area contributed by atoms with Crippen molar-refractivity contribution in [3.05, 3.63) is 64.8 Å². The Labute approximate surface area is 203 Å². The fraction of sp³-hybridized carbons (Fsp3) is 0.370. The second kappa shape index (κ2) is 7.76. The number of imide groups is 1. The quantitative estimate of drug-likeness (QED) is 0.495. The second-order valence-electron chi connectivity index (χ2n) is 9.83. The van der Waals surface area contributed by atoms with Crippen LogP contribution in [0.1, 0.15) is 22.3 Å². The van der Waals surface area contributed by atoms with Crippen LogP contribution in [-0.2, 0) is 31.1 Å². The van der Waals surface area contributed by atoms with Crippen molar-refractivity contribution in [3.8, 4) is 0 Å². The Bertz CT molecular complexity index is 1400. The SMILES string of the molecule is COCCN1C(=O)[C@H]2[C@@H](C1=O)[C@]1(N[C@@H]2Cc2c[nH]c3ccccc23)C(=O)Nc2c1ccc(C)c2C. The number of amides is 3. The van der Waals surface area contributed by atoms with Crippen LogP contribution in [0.2, 0.25) is 0 Å². The first-order chi connectivity index (χ1) is 16.9. The molecule has 0 bridgehead atoms. The van der Waals surface area contributed by atoms with Gasteiger partial charge in [-0.05, 0) is 43.0 Å². The fourth-order valence-electron chi connectivity index (χ4n) is 6.29. The molecule has 35 heavy (non-hydrogen) atoms. The number of carbonyl (C=O) groups excluding carboxylic acids is 3. The summed E-state index contributed by atoms with van der Waals surface area (Å²) in [5.41, 5.74) is 4.28. The van der Waals surface area contributed by atoms with Crippen LogP contribution in [-0.4, -0.2) is 53.9 Å². The number of likely N-dealkylation sites (tertiary alicyclic amines) is 1. The van der Waals surface area contributed by atoms with Crippen LogP contribution in [0.5, 0.6) is 0 Å². The lowest BCUT2D eigenvalue weighted by Crippen LogP contribution is -2.53. The molecule has 4 atom stereocenters. The standard InChI is InChI=1S/C27H28N4O4/c1-14-8-9-18-23(15(14)2)29-26(34)27(18)22-21(24(32)31(25(22)33)10-11-35-3)20(30-27)12-16-13-28-19-7-5-4-6-17(16)19/h4-9,13,20-22,28,30H,10-12H2,1-3H3,(H,29,34)/t20-,21-,22+,27+/m1/s1. The number of rotatable bonds is 5. The molecule has 6 rings (SSSR count). The number of benzene rings is 2. The molecule has 0 unspecified atom stereocenters. The average molecular weight is 473 g/mol. The van der Waals surface area contributed by atoms with Crippen LogP contribution in [0.4, 0.5) is 5.69 Å². The third-order valence-corrected chi connectivity index (χ3v) is 8.15. The van der Waals surface area contributed by atoms with Crippen molar-refractivity contribution in [3.63, 3.8) is 0 Å². The highest BCUT2D eigenvalue weighted by Crippen LogP contribution is 2.54. The second-order valence-corrected chi connectivity index (χ2v) is 9.83. The molecule has 0 saturated carbocycles. The smallest absolute Gasteiger partial charge is 0.250 e. The molecule has 2 fully saturated rings. The van der Waals surface area contributed by atoms with E-state index in [0.717, 1.165) is 38.8 Å². The number of hydrogen-bond donors (Lipinski definition) is 3. The summed E-state index contributed by atoms with van der Waals surface area (Å²) >= 11 is 0. The Morgan fingerprint density at radius 2 is 1.86 bits per heavy atom. The molecule has 180 valence electrons. The van der Waals surface area contributed by atoms with Gasteiger partial charge in [-0.1, -0.05) is 30.3 Å². The Hall–Kier alpha value is -3.49. The molecule has 8 nitrogen and oxygen atoms in total. The maximum atomic E-state index is 13.8. The molecule has 1 aromatic heterocycles. The van der Waals surface area contributed by atoms with E-state index in [-0.39, 0.29) is 36.9 Å². The molecule has 3 aliphatic heterocycles. The molecule has 0 radical (unpaired) electrons. The zero-order valence-corrected chi connectivity index (χ0v) is 20.0. The number of ether oxygens (including phenoxy) is 1. The Morgan fingerprint density at radius 1 is 1.06 bits per heavy atom. The van der Waals surface area contributed by atoms with Crippen molar-refractivity contribution in [1.82, 2.24) is 15.2 Å². The summed E-state index contributed by atoms with van der Waals surface area (Å²) in [5, 5.41) is 7.65. The number of aromatic amines is 1. The van der Waals surface area contributed by atoms with Crippen LogP contribution in [0.15, 0.2) is 42.6 Å². The summed E-state index contributed by atoms with van der Waals surface area (Å²) in [4.78, 5) is 45.7. The van der Waals surface area contributed by atoms with Crippen molar-refractivity contribution in [2.45, 2.75) is 31.8 Å². The molecular weight excluding hydrogens is 444 g/mol. The predicted molar refractivity (Wildman–Crippen MR) is 131 cm³/mol. The molecule has 3 aliphatic rings. The van der Waals surface area contributed by atoms with Crippen molar-refractivity contribution in [1.29, 1.82) is 0 Å². The third-order valence-electron chi connectivity index (χ3n) is 8.15. The molecule has 4 heterocycles. The van der Waals surface area contributed by atoms with Crippen molar-refractivity contribution in [2.75, 3.05) is 25.6 Å². The molecule has 3 amide bonds. The van der Waals surface area contributed by atoms with Crippen LogP contribution >= 0.6 is 0 Å². The van der Waals surface area contributed by atoms with Gasteiger partial charge >= 0.3 is 0 Å². The van der Waals surface area contributed by atoms with E-state index in [4.69, 9.17) is 4.74 Å². The third kappa shape index (κ3) is 2.90. The van der Waals surface area contributed by atoms with E-state index in [1.54, 1.807) is 7.11 Å². The highest BCUT2D eigenvalue weighted by molar-refractivity contribution is 6.15. The summed E-state index contributed by atoms with van der Waals surface area (Å²) in [6.07, 6.45) is 2.46. The molecule has 1 spiro atoms. The average Bonchev–Trinajstić information content (AvgIpc) is 3.55. The number of aryl methyl sites for hydroxylation is 1. The van der Waals surface area contributed by atoms with Gasteiger partial charge in [0.25, 0.3) is 0 Å². The minimum atomic E-state index is -1.29. The number of hydrogen-bond acceptors (Lipinski definition) is 5. The normalized spacial score (nSPS) is 27.2. The minimum Gasteiger partial charge on any atom is -0.383 e. The van der Waals surface area contributed by atoms with Gasteiger partial charge in [-0.25, -0.2) is 0 Å². The van der Waals surface area contributed by atoms with Gasteiger partial charge in [-0.15, -0.1) is 0 Å². The summed E-state index contributed by atoms with van der Waals surface area (Å²) in [5.74, 6) is -2.28. The molecule has 2 saturated heterocycles. The number of carbonyl (C=O) groups is 3. The largest absolute Gasteiger partial charge is 0.383 e. The number of aromatic nitrogens is 1. The first-order valence-corrected chi connectivity index (χ1v) is 12.0. The maximum Gasteiger partial charge on any atom is 0.250 e. The number of para-hydroxylation sites is 1. The predicted octanol–water partition coefficient (Wildman–Crippen LogP) is 2.39. The molecule has 0 aliphatic carbocycles. The van der Waals surface area contributed by atoms with Crippen molar-refractivity contribution >= 4 is 34.3 Å². The lowest BCUT2D eigenvalue weighted by Gasteiger charge is -2.29. The minimum absolute atomic E-state index is 0.179. The Kier molecular flexibility index (Phi) is 4.88. The van der Waals surface area contributed by atoms with Crippen LogP contribution in [0.3, 0.4) is 0 Å². The number of H-pyrrole nitrogens is 1. The monoisotopic (exact) mass is 472 g/mol. The number of fused-ring (bicyclic) bond motifs is 5. The van der Waals surface area contributed by atoms with Gasteiger partial charge in [-0.2, -0.15) is 0 Å².